The molecule has 2 rings (SSSR count). The van der Waals surface area contributed by atoms with Crippen LogP contribution in [0, 0.1) is 0 Å². The molecule has 1 aromatic heterocycles. The standard InChI is InChI=1S/C11H7ClF3N3O2/c12-8-9(16-5-17-10(8)19)18-6-2-1-3-7(4-6)20-11(13,14)15/h1-5H,(H2,16,17,18,19). The van der Waals surface area contributed by atoms with Crippen molar-refractivity contribution >= 4 is 23.1 Å². The molecule has 106 valence electrons. The Labute approximate surface area is 115 Å². The van der Waals surface area contributed by atoms with Crippen LogP contribution in [0.2, 0.25) is 5.02 Å². The number of rotatable bonds is 3. The van der Waals surface area contributed by atoms with Crippen LogP contribution in [-0.2, 0) is 0 Å². The SMILES string of the molecule is O=c1[nH]cnc(Nc2cccc(OC(F)(F)F)c2)c1Cl. The third-order valence-electron chi connectivity index (χ3n) is 2.13. The molecule has 0 unspecified atom stereocenters. The van der Waals surface area contributed by atoms with E-state index in [-0.39, 0.29) is 16.5 Å². The number of H-pyrrole nitrogens is 1. The van der Waals surface area contributed by atoms with Gasteiger partial charge in [0.1, 0.15) is 10.8 Å². The van der Waals surface area contributed by atoms with Crippen molar-refractivity contribution in [3.63, 3.8) is 0 Å². The normalized spacial score (nSPS) is 11.2. The van der Waals surface area contributed by atoms with Crippen LogP contribution in [0.15, 0.2) is 35.4 Å². The molecule has 0 aliphatic rings. The number of aromatic amines is 1. The second-order valence-corrected chi connectivity index (χ2v) is 3.97. The zero-order valence-corrected chi connectivity index (χ0v) is 10.4. The lowest BCUT2D eigenvalue weighted by molar-refractivity contribution is -0.274. The maximum Gasteiger partial charge on any atom is 0.573 e. The van der Waals surface area contributed by atoms with E-state index in [2.05, 4.69) is 20.0 Å². The monoisotopic (exact) mass is 305 g/mol. The number of anilines is 2. The fourth-order valence-electron chi connectivity index (χ4n) is 1.38. The number of ether oxygens (including phenoxy) is 1. The van der Waals surface area contributed by atoms with Gasteiger partial charge in [-0.2, -0.15) is 0 Å². The molecule has 0 saturated heterocycles. The summed E-state index contributed by atoms with van der Waals surface area (Å²) >= 11 is 5.71. The first-order valence-electron chi connectivity index (χ1n) is 5.21. The van der Waals surface area contributed by atoms with Gasteiger partial charge in [-0.25, -0.2) is 4.98 Å². The van der Waals surface area contributed by atoms with Crippen molar-refractivity contribution in [3.05, 3.63) is 46.0 Å². The Kier molecular flexibility index (Phi) is 3.84. The van der Waals surface area contributed by atoms with Crippen LogP contribution in [0.25, 0.3) is 0 Å². The lowest BCUT2D eigenvalue weighted by atomic mass is 10.3. The lowest BCUT2D eigenvalue weighted by Gasteiger charge is -2.11. The van der Waals surface area contributed by atoms with E-state index in [0.29, 0.717) is 0 Å². The minimum atomic E-state index is -4.78. The van der Waals surface area contributed by atoms with Gasteiger partial charge in [0.25, 0.3) is 5.56 Å². The Morgan fingerprint density at radius 3 is 2.80 bits per heavy atom. The lowest BCUT2D eigenvalue weighted by Crippen LogP contribution is -2.17. The molecule has 0 radical (unpaired) electrons. The molecule has 20 heavy (non-hydrogen) atoms. The van der Waals surface area contributed by atoms with Crippen molar-refractivity contribution in [2.45, 2.75) is 6.36 Å². The molecular formula is C11H7ClF3N3O2. The first kappa shape index (κ1) is 14.2. The summed E-state index contributed by atoms with van der Waals surface area (Å²) in [4.78, 5) is 17.3. The quantitative estimate of drug-likeness (QED) is 0.914. The largest absolute Gasteiger partial charge is 0.573 e. The predicted octanol–water partition coefficient (Wildman–Crippen LogP) is 3.07. The summed E-state index contributed by atoms with van der Waals surface area (Å²) in [7, 11) is 0. The molecule has 2 N–H and O–H groups in total. The number of benzene rings is 1. The number of aromatic nitrogens is 2. The van der Waals surface area contributed by atoms with Gasteiger partial charge in [-0.05, 0) is 12.1 Å². The highest BCUT2D eigenvalue weighted by molar-refractivity contribution is 6.32. The topological polar surface area (TPSA) is 67.0 Å². The van der Waals surface area contributed by atoms with Gasteiger partial charge in [0, 0.05) is 11.8 Å². The third kappa shape index (κ3) is 3.64. The number of nitrogens with one attached hydrogen (secondary N) is 2. The Hall–Kier alpha value is -2.22. The highest BCUT2D eigenvalue weighted by Gasteiger charge is 2.31. The van der Waals surface area contributed by atoms with Crippen LogP contribution in [-0.4, -0.2) is 16.3 Å². The highest BCUT2D eigenvalue weighted by Crippen LogP contribution is 2.27. The summed E-state index contributed by atoms with van der Waals surface area (Å²) < 4.78 is 40.1. The van der Waals surface area contributed by atoms with Gasteiger partial charge in [0.05, 0.1) is 6.33 Å². The molecule has 0 atom stereocenters. The van der Waals surface area contributed by atoms with Crippen LogP contribution in [0.4, 0.5) is 24.7 Å². The summed E-state index contributed by atoms with van der Waals surface area (Å²) in [5.41, 5.74) is -0.321. The van der Waals surface area contributed by atoms with Gasteiger partial charge < -0.3 is 15.0 Å². The molecule has 0 aliphatic carbocycles. The maximum absolute atomic E-state index is 12.1. The molecule has 1 heterocycles. The molecule has 5 nitrogen and oxygen atoms in total. The number of halogens is 4. The summed E-state index contributed by atoms with van der Waals surface area (Å²) in [5.74, 6) is -0.372. The van der Waals surface area contributed by atoms with Crippen LogP contribution in [0.1, 0.15) is 0 Å². The van der Waals surface area contributed by atoms with E-state index in [0.717, 1.165) is 18.5 Å². The molecule has 0 saturated carbocycles. The van der Waals surface area contributed by atoms with E-state index < -0.39 is 17.7 Å². The Balaban J connectivity index is 2.24. The van der Waals surface area contributed by atoms with Gasteiger partial charge in [0.2, 0.25) is 0 Å². The zero-order valence-electron chi connectivity index (χ0n) is 9.66. The minimum absolute atomic E-state index is 0.0274. The fourth-order valence-corrected chi connectivity index (χ4v) is 1.53. The third-order valence-corrected chi connectivity index (χ3v) is 2.48. The van der Waals surface area contributed by atoms with Crippen molar-refractivity contribution in [1.82, 2.24) is 9.97 Å². The second kappa shape index (κ2) is 5.41. The summed E-state index contributed by atoms with van der Waals surface area (Å²) in [6, 6.07) is 5.07. The first-order valence-corrected chi connectivity index (χ1v) is 5.59. The van der Waals surface area contributed by atoms with E-state index in [1.165, 1.54) is 12.1 Å². The second-order valence-electron chi connectivity index (χ2n) is 3.59. The number of nitrogens with zero attached hydrogens (tertiary/aromatic N) is 1. The summed E-state index contributed by atoms with van der Waals surface area (Å²) in [5, 5.41) is 2.43. The number of alkyl halides is 3. The highest BCUT2D eigenvalue weighted by atomic mass is 35.5. The van der Waals surface area contributed by atoms with Gasteiger partial charge in [0.15, 0.2) is 5.82 Å². The molecule has 0 fully saturated rings. The average molecular weight is 306 g/mol. The Bertz CT molecular complexity index is 672. The van der Waals surface area contributed by atoms with Gasteiger partial charge in [-0.3, -0.25) is 4.79 Å². The van der Waals surface area contributed by atoms with Crippen molar-refractivity contribution in [2.24, 2.45) is 0 Å². The molecule has 0 amide bonds. The zero-order chi connectivity index (χ0) is 14.8. The molecule has 0 aliphatic heterocycles. The van der Waals surface area contributed by atoms with Crippen molar-refractivity contribution in [2.75, 3.05) is 5.32 Å². The summed E-state index contributed by atoms with van der Waals surface area (Å²) in [6.07, 6.45) is -3.66. The molecule has 9 heteroatoms. The van der Waals surface area contributed by atoms with Crippen molar-refractivity contribution in [3.8, 4) is 5.75 Å². The van der Waals surface area contributed by atoms with Crippen molar-refractivity contribution in [1.29, 1.82) is 0 Å². The van der Waals surface area contributed by atoms with Gasteiger partial charge >= 0.3 is 6.36 Å². The van der Waals surface area contributed by atoms with E-state index in [1.54, 1.807) is 0 Å². The van der Waals surface area contributed by atoms with Gasteiger partial charge in [-0.15, -0.1) is 13.2 Å². The van der Waals surface area contributed by atoms with Crippen LogP contribution < -0.4 is 15.6 Å². The van der Waals surface area contributed by atoms with E-state index >= 15 is 0 Å². The fraction of sp³-hybridized carbons (Fsp3) is 0.0909. The molecule has 0 bridgehead atoms. The Morgan fingerprint density at radius 2 is 2.10 bits per heavy atom. The number of hydrogen-bond donors (Lipinski definition) is 2. The number of hydrogen-bond acceptors (Lipinski definition) is 4. The molecule has 2 aromatic rings. The summed E-state index contributed by atoms with van der Waals surface area (Å²) in [6.45, 7) is 0. The van der Waals surface area contributed by atoms with Crippen molar-refractivity contribution < 1.29 is 17.9 Å². The Morgan fingerprint density at radius 1 is 1.35 bits per heavy atom. The van der Waals surface area contributed by atoms with Crippen LogP contribution >= 0.6 is 11.6 Å². The van der Waals surface area contributed by atoms with E-state index in [4.69, 9.17) is 11.6 Å². The molecule has 0 spiro atoms. The van der Waals surface area contributed by atoms with E-state index in [1.807, 2.05) is 0 Å². The van der Waals surface area contributed by atoms with Crippen LogP contribution in [0.5, 0.6) is 5.75 Å². The molecular weight excluding hydrogens is 299 g/mol. The first-order chi connectivity index (χ1) is 9.35. The minimum Gasteiger partial charge on any atom is -0.406 e. The average Bonchev–Trinajstić information content (AvgIpc) is 2.33. The maximum atomic E-state index is 12.1. The predicted molar refractivity (Wildman–Crippen MR) is 66.3 cm³/mol. The van der Waals surface area contributed by atoms with E-state index in [9.17, 15) is 18.0 Å². The van der Waals surface area contributed by atoms with Crippen LogP contribution in [0.3, 0.4) is 0 Å². The molecule has 1 aromatic carbocycles. The van der Waals surface area contributed by atoms with Gasteiger partial charge in [-0.1, -0.05) is 17.7 Å². The smallest absolute Gasteiger partial charge is 0.406 e.